The van der Waals surface area contributed by atoms with Gasteiger partial charge >= 0.3 is 0 Å². The van der Waals surface area contributed by atoms with Crippen molar-refractivity contribution in [2.75, 3.05) is 24.9 Å². The smallest absolute Gasteiger partial charge is 0.150 e. The zero-order valence-electron chi connectivity index (χ0n) is 15.5. The van der Waals surface area contributed by atoms with Gasteiger partial charge in [0.25, 0.3) is 0 Å². The van der Waals surface area contributed by atoms with Crippen LogP contribution in [0.15, 0.2) is 59.8 Å². The zero-order chi connectivity index (χ0) is 18.9. The molecule has 1 aromatic heterocycles. The molecule has 2 heterocycles. The highest BCUT2D eigenvalue weighted by Gasteiger charge is 2.04. The van der Waals surface area contributed by atoms with Gasteiger partial charge in [0, 0.05) is 23.6 Å². The number of aromatic nitrogens is 2. The fourth-order valence-electron chi connectivity index (χ4n) is 2.84. The van der Waals surface area contributed by atoms with Crippen LogP contribution in [0, 0.1) is 0 Å². The third kappa shape index (κ3) is 5.77. The maximum atomic E-state index is 10.6. The second kappa shape index (κ2) is 10.0. The molecule has 1 fully saturated rings. The highest BCUT2D eigenvalue weighted by Crippen LogP contribution is 2.26. The molecule has 2 aromatic carbocycles. The van der Waals surface area contributed by atoms with E-state index in [1.807, 2.05) is 30.3 Å². The van der Waals surface area contributed by atoms with Crippen molar-refractivity contribution in [1.29, 1.82) is 0 Å². The summed E-state index contributed by atoms with van der Waals surface area (Å²) in [5, 5.41) is 0. The first-order chi connectivity index (χ1) is 13.3. The van der Waals surface area contributed by atoms with Crippen molar-refractivity contribution in [2.24, 2.45) is 0 Å². The van der Waals surface area contributed by atoms with Gasteiger partial charge in [-0.15, -0.1) is 0 Å². The van der Waals surface area contributed by atoms with Crippen LogP contribution in [0.2, 0.25) is 0 Å². The standard InChI is InChI=1S/C15H11N3OS.C6H13N/c19-10-11-4-6-12(7-5-11)18-20-14-3-1-2-13-15(14)17-9-8-16-13;1-7-5-3-2-4-6-7/h1-10,18H;2-6H2,1H3. The van der Waals surface area contributed by atoms with Crippen molar-refractivity contribution in [2.45, 2.75) is 24.2 Å². The summed E-state index contributed by atoms with van der Waals surface area (Å²) in [4.78, 5) is 22.6. The largest absolute Gasteiger partial charge is 0.326 e. The number of hydrogen-bond acceptors (Lipinski definition) is 6. The Bertz CT molecular complexity index is 858. The van der Waals surface area contributed by atoms with Crippen molar-refractivity contribution >= 4 is 35.0 Å². The van der Waals surface area contributed by atoms with Gasteiger partial charge in [0.1, 0.15) is 11.8 Å². The van der Waals surface area contributed by atoms with E-state index in [-0.39, 0.29) is 0 Å². The van der Waals surface area contributed by atoms with Gasteiger partial charge in [0.05, 0.1) is 10.4 Å². The number of carbonyl (C=O) groups excluding carboxylic acids is 1. The molecule has 0 spiro atoms. The lowest BCUT2D eigenvalue weighted by Gasteiger charge is -2.20. The van der Waals surface area contributed by atoms with Crippen molar-refractivity contribution in [3.8, 4) is 0 Å². The third-order valence-electron chi connectivity index (χ3n) is 4.37. The molecular weight excluding hydrogens is 356 g/mol. The first-order valence-corrected chi connectivity index (χ1v) is 9.94. The van der Waals surface area contributed by atoms with E-state index in [1.165, 1.54) is 44.3 Å². The Morgan fingerprint density at radius 3 is 2.41 bits per heavy atom. The molecule has 0 bridgehead atoms. The monoisotopic (exact) mass is 380 g/mol. The predicted molar refractivity (Wildman–Crippen MR) is 112 cm³/mol. The van der Waals surface area contributed by atoms with E-state index < -0.39 is 0 Å². The summed E-state index contributed by atoms with van der Waals surface area (Å²) >= 11 is 1.48. The van der Waals surface area contributed by atoms with E-state index in [1.54, 1.807) is 24.5 Å². The Morgan fingerprint density at radius 1 is 1.00 bits per heavy atom. The molecule has 0 radical (unpaired) electrons. The second-order valence-electron chi connectivity index (χ2n) is 6.49. The molecule has 140 valence electrons. The normalized spacial score (nSPS) is 14.3. The highest BCUT2D eigenvalue weighted by atomic mass is 32.2. The molecule has 1 aliphatic heterocycles. The van der Waals surface area contributed by atoms with Crippen LogP contribution >= 0.6 is 11.9 Å². The number of nitrogens with one attached hydrogen (secondary N) is 1. The summed E-state index contributed by atoms with van der Waals surface area (Å²) in [6, 6.07) is 13.2. The molecule has 0 saturated carbocycles. The molecule has 6 heteroatoms. The number of benzene rings is 2. The lowest BCUT2D eigenvalue weighted by atomic mass is 10.1. The van der Waals surface area contributed by atoms with Crippen LogP contribution in [0.3, 0.4) is 0 Å². The van der Waals surface area contributed by atoms with Crippen molar-refractivity contribution < 1.29 is 4.79 Å². The van der Waals surface area contributed by atoms with E-state index in [0.29, 0.717) is 5.56 Å². The Labute approximate surface area is 164 Å². The Balaban J connectivity index is 0.000000253. The lowest BCUT2D eigenvalue weighted by Crippen LogP contribution is -2.24. The van der Waals surface area contributed by atoms with Gasteiger partial charge in [-0.1, -0.05) is 12.5 Å². The molecule has 1 saturated heterocycles. The SMILES string of the molecule is CN1CCCCC1.O=Cc1ccc(NSc2cccc3nccnc23)cc1. The molecule has 3 aromatic rings. The van der Waals surface area contributed by atoms with Crippen LogP contribution in [0.5, 0.6) is 0 Å². The molecule has 0 aliphatic carbocycles. The number of fused-ring (bicyclic) bond motifs is 1. The van der Waals surface area contributed by atoms with Crippen molar-refractivity contribution in [3.63, 3.8) is 0 Å². The molecular formula is C21H24N4OS. The lowest BCUT2D eigenvalue weighted by molar-refractivity contribution is 0.112. The minimum absolute atomic E-state index is 0.663. The molecule has 1 N–H and O–H groups in total. The van der Waals surface area contributed by atoms with Crippen molar-refractivity contribution in [3.05, 3.63) is 60.4 Å². The molecule has 0 atom stereocenters. The Morgan fingerprint density at radius 2 is 1.74 bits per heavy atom. The fourth-order valence-corrected chi connectivity index (χ4v) is 3.61. The van der Waals surface area contributed by atoms with Gasteiger partial charge in [-0.25, -0.2) is 0 Å². The topological polar surface area (TPSA) is 58.1 Å². The van der Waals surface area contributed by atoms with Gasteiger partial charge in [-0.05, 0) is 81.3 Å². The van der Waals surface area contributed by atoms with E-state index in [0.717, 1.165) is 27.9 Å². The maximum absolute atomic E-state index is 10.6. The number of carbonyl (C=O) groups is 1. The molecule has 0 unspecified atom stereocenters. The van der Waals surface area contributed by atoms with Gasteiger partial charge in [-0.2, -0.15) is 0 Å². The minimum atomic E-state index is 0.663. The fraction of sp³-hybridized carbons (Fsp3) is 0.286. The molecule has 1 aliphatic rings. The van der Waals surface area contributed by atoms with Gasteiger partial charge in [0.2, 0.25) is 0 Å². The molecule has 27 heavy (non-hydrogen) atoms. The van der Waals surface area contributed by atoms with Gasteiger partial charge < -0.3 is 9.62 Å². The highest BCUT2D eigenvalue weighted by molar-refractivity contribution is 8.00. The summed E-state index contributed by atoms with van der Waals surface area (Å²) in [5.74, 6) is 0. The number of para-hydroxylation sites is 1. The van der Waals surface area contributed by atoms with E-state index >= 15 is 0 Å². The van der Waals surface area contributed by atoms with Gasteiger partial charge in [0.15, 0.2) is 0 Å². The van der Waals surface area contributed by atoms with Crippen molar-refractivity contribution in [1.82, 2.24) is 14.9 Å². The van der Waals surface area contributed by atoms with Crippen LogP contribution in [0.1, 0.15) is 29.6 Å². The van der Waals surface area contributed by atoms with Gasteiger partial charge in [-0.3, -0.25) is 14.8 Å². The number of hydrogen-bond donors (Lipinski definition) is 1. The average molecular weight is 381 g/mol. The number of rotatable bonds is 4. The zero-order valence-corrected chi connectivity index (χ0v) is 16.3. The number of nitrogens with zero attached hydrogens (tertiary/aromatic N) is 3. The molecule has 0 amide bonds. The number of aldehydes is 1. The second-order valence-corrected chi connectivity index (χ2v) is 7.34. The van der Waals surface area contributed by atoms with Crippen LogP contribution < -0.4 is 4.72 Å². The average Bonchev–Trinajstić information content (AvgIpc) is 2.73. The summed E-state index contributed by atoms with van der Waals surface area (Å²) in [5.41, 5.74) is 3.34. The third-order valence-corrected chi connectivity index (χ3v) is 5.25. The molecule has 4 rings (SSSR count). The minimum Gasteiger partial charge on any atom is -0.326 e. The van der Waals surface area contributed by atoms with Crippen LogP contribution in [-0.2, 0) is 0 Å². The van der Waals surface area contributed by atoms with Crippen LogP contribution in [0.25, 0.3) is 11.0 Å². The number of likely N-dealkylation sites (tertiary alicyclic amines) is 1. The van der Waals surface area contributed by atoms with E-state index in [4.69, 9.17) is 0 Å². The Kier molecular flexibility index (Phi) is 7.19. The summed E-state index contributed by atoms with van der Waals surface area (Å²) < 4.78 is 3.24. The van der Waals surface area contributed by atoms with E-state index in [9.17, 15) is 4.79 Å². The van der Waals surface area contributed by atoms with Crippen LogP contribution in [-0.4, -0.2) is 41.3 Å². The van der Waals surface area contributed by atoms with Crippen LogP contribution in [0.4, 0.5) is 5.69 Å². The van der Waals surface area contributed by atoms with E-state index in [2.05, 4.69) is 26.6 Å². The molecule has 5 nitrogen and oxygen atoms in total. The summed E-state index contributed by atoms with van der Waals surface area (Å²) in [6.07, 6.45) is 8.47. The summed E-state index contributed by atoms with van der Waals surface area (Å²) in [6.45, 7) is 2.64. The quantitative estimate of drug-likeness (QED) is 0.525. The predicted octanol–water partition coefficient (Wildman–Crippen LogP) is 4.66. The first-order valence-electron chi connectivity index (χ1n) is 9.12. The first kappa shape index (κ1) is 19.3. The number of piperidine rings is 1. The maximum Gasteiger partial charge on any atom is 0.150 e. The Hall–Kier alpha value is -2.44. The number of anilines is 1. The summed E-state index contributed by atoms with van der Waals surface area (Å²) in [7, 11) is 2.19.